The largest absolute Gasteiger partial charge is 0.453 e. The molecule has 0 aliphatic carbocycles. The van der Waals surface area contributed by atoms with Gasteiger partial charge >= 0.3 is 5.97 Å². The third kappa shape index (κ3) is 4.27. The molecule has 1 atom stereocenters. The van der Waals surface area contributed by atoms with Crippen molar-refractivity contribution in [3.63, 3.8) is 0 Å². The molecule has 2 aromatic rings. The molecule has 3 rings (SSSR count). The minimum Gasteiger partial charge on any atom is -0.453 e. The van der Waals surface area contributed by atoms with Crippen LogP contribution in [0.3, 0.4) is 0 Å². The molecule has 2 amide bonds. The highest BCUT2D eigenvalue weighted by atomic mass is 16.6. The predicted molar refractivity (Wildman–Crippen MR) is 113 cm³/mol. The van der Waals surface area contributed by atoms with Gasteiger partial charge in [-0.3, -0.25) is 34.2 Å². The first kappa shape index (κ1) is 22.8. The van der Waals surface area contributed by atoms with Crippen LogP contribution in [-0.2, 0) is 14.9 Å². The second-order valence-electron chi connectivity index (χ2n) is 8.48. The van der Waals surface area contributed by atoms with Crippen LogP contribution in [0.25, 0.3) is 0 Å². The Morgan fingerprint density at radius 1 is 1.06 bits per heavy atom. The summed E-state index contributed by atoms with van der Waals surface area (Å²) in [5, 5.41) is 11.2. The minimum atomic E-state index is -1.15. The van der Waals surface area contributed by atoms with Gasteiger partial charge in [-0.15, -0.1) is 0 Å². The van der Waals surface area contributed by atoms with Crippen LogP contribution in [0.5, 0.6) is 0 Å². The molecule has 166 valence electrons. The second-order valence-corrected chi connectivity index (χ2v) is 8.48. The molecule has 2 aromatic carbocycles. The maximum atomic E-state index is 12.6. The molecule has 9 nitrogen and oxygen atoms in total. The van der Waals surface area contributed by atoms with E-state index in [1.807, 2.05) is 32.9 Å². The van der Waals surface area contributed by atoms with Crippen LogP contribution >= 0.6 is 0 Å². The first-order valence-corrected chi connectivity index (χ1v) is 9.89. The molecule has 0 saturated carbocycles. The zero-order valence-electron chi connectivity index (χ0n) is 18.1. The molecule has 0 N–H and O–H groups in total. The van der Waals surface area contributed by atoms with Gasteiger partial charge in [0.2, 0.25) is 5.78 Å². The van der Waals surface area contributed by atoms with E-state index < -0.39 is 46.8 Å². The molecule has 1 aliphatic rings. The van der Waals surface area contributed by atoms with E-state index in [0.29, 0.717) is 10.5 Å². The van der Waals surface area contributed by atoms with E-state index in [0.717, 1.165) is 11.6 Å². The topological polar surface area (TPSA) is 124 Å². The average Bonchev–Trinajstić information content (AvgIpc) is 2.97. The number of carbonyl (C=O) groups excluding carboxylic acids is 4. The van der Waals surface area contributed by atoms with Gasteiger partial charge in [-0.2, -0.15) is 0 Å². The number of rotatable bonds is 6. The van der Waals surface area contributed by atoms with Crippen molar-refractivity contribution in [2.24, 2.45) is 0 Å². The lowest BCUT2D eigenvalue weighted by molar-refractivity contribution is -0.385. The number of amides is 2. The number of ether oxygens (including phenoxy) is 1. The fourth-order valence-electron chi connectivity index (χ4n) is 3.40. The molecular formula is C23H22N2O7. The fourth-order valence-corrected chi connectivity index (χ4v) is 3.40. The number of nitrogens with zero attached hydrogens (tertiary/aromatic N) is 2. The van der Waals surface area contributed by atoms with Crippen LogP contribution < -0.4 is 0 Å². The minimum absolute atomic E-state index is 0.0822. The molecule has 1 heterocycles. The smallest absolute Gasteiger partial charge is 0.326 e. The van der Waals surface area contributed by atoms with Crippen molar-refractivity contribution >= 4 is 29.3 Å². The summed E-state index contributed by atoms with van der Waals surface area (Å²) >= 11 is 0. The van der Waals surface area contributed by atoms with E-state index in [4.69, 9.17) is 4.74 Å². The van der Waals surface area contributed by atoms with Crippen molar-refractivity contribution in [1.82, 2.24) is 4.90 Å². The van der Waals surface area contributed by atoms with Crippen molar-refractivity contribution in [1.29, 1.82) is 0 Å². The van der Waals surface area contributed by atoms with Crippen LogP contribution in [0.15, 0.2) is 42.5 Å². The van der Waals surface area contributed by atoms with Gasteiger partial charge in [0.25, 0.3) is 17.5 Å². The third-order valence-electron chi connectivity index (χ3n) is 5.17. The number of Topliss-reactive ketones (excluding diaryl/α,β-unsaturated/α-hetero) is 1. The number of hydrogen-bond acceptors (Lipinski definition) is 7. The number of carbonyl (C=O) groups is 4. The molecule has 1 aliphatic heterocycles. The van der Waals surface area contributed by atoms with Gasteiger partial charge in [0.15, 0.2) is 6.10 Å². The molecule has 0 bridgehead atoms. The van der Waals surface area contributed by atoms with E-state index in [-0.39, 0.29) is 16.5 Å². The molecule has 0 radical (unpaired) electrons. The van der Waals surface area contributed by atoms with E-state index in [9.17, 15) is 29.3 Å². The number of imide groups is 1. The first-order valence-electron chi connectivity index (χ1n) is 9.89. The van der Waals surface area contributed by atoms with Gasteiger partial charge in [-0.1, -0.05) is 51.1 Å². The summed E-state index contributed by atoms with van der Waals surface area (Å²) in [4.78, 5) is 60.9. The molecule has 0 aromatic heterocycles. The maximum Gasteiger partial charge on any atom is 0.326 e. The Morgan fingerprint density at radius 2 is 1.69 bits per heavy atom. The van der Waals surface area contributed by atoms with Crippen LogP contribution in [0, 0.1) is 10.1 Å². The number of hydrogen-bond donors (Lipinski definition) is 0. The number of fused-ring (bicyclic) bond motifs is 1. The highest BCUT2D eigenvalue weighted by Crippen LogP contribution is 2.30. The molecule has 32 heavy (non-hydrogen) atoms. The number of ketones is 1. The van der Waals surface area contributed by atoms with E-state index in [2.05, 4.69) is 0 Å². The summed E-state index contributed by atoms with van der Waals surface area (Å²) in [6.07, 6.45) is -1.15. The number of benzene rings is 2. The Hall–Kier alpha value is -3.88. The first-order chi connectivity index (χ1) is 14.9. The van der Waals surface area contributed by atoms with Crippen molar-refractivity contribution < 1.29 is 28.8 Å². The summed E-state index contributed by atoms with van der Waals surface area (Å²) < 4.78 is 5.13. The summed E-state index contributed by atoms with van der Waals surface area (Å²) in [6, 6.07) is 10.6. The predicted octanol–water partition coefficient (Wildman–Crippen LogP) is 3.30. The summed E-state index contributed by atoms with van der Waals surface area (Å²) in [5.74, 6) is -3.19. The zero-order valence-corrected chi connectivity index (χ0v) is 18.1. The van der Waals surface area contributed by atoms with Crippen LogP contribution in [0.2, 0.25) is 0 Å². The van der Waals surface area contributed by atoms with Gasteiger partial charge in [-0.25, -0.2) is 0 Å². The monoisotopic (exact) mass is 438 g/mol. The lowest BCUT2D eigenvalue weighted by Crippen LogP contribution is -2.37. The third-order valence-corrected chi connectivity index (χ3v) is 5.17. The highest BCUT2D eigenvalue weighted by molar-refractivity contribution is 6.24. The second kappa shape index (κ2) is 8.33. The van der Waals surface area contributed by atoms with Gasteiger partial charge < -0.3 is 4.74 Å². The normalized spacial score (nSPS) is 14.2. The van der Waals surface area contributed by atoms with E-state index in [1.54, 1.807) is 12.1 Å². The molecule has 0 fully saturated rings. The molecule has 9 heteroatoms. The van der Waals surface area contributed by atoms with Crippen LogP contribution in [0.1, 0.15) is 64.3 Å². The summed E-state index contributed by atoms with van der Waals surface area (Å²) in [6.45, 7) is 6.77. The molecule has 0 spiro atoms. The maximum absolute atomic E-state index is 12.6. The number of nitro groups is 1. The quantitative estimate of drug-likeness (QED) is 0.223. The van der Waals surface area contributed by atoms with E-state index >= 15 is 0 Å². The SMILES string of the molecule is C[C@@H](OC(=O)CN1C(=O)c2cccc([N+](=O)[O-])c2C1=O)C(=O)c1ccc(C(C)(C)C)cc1. The van der Waals surface area contributed by atoms with Gasteiger partial charge in [0.1, 0.15) is 12.1 Å². The van der Waals surface area contributed by atoms with Crippen molar-refractivity contribution in [2.75, 3.05) is 6.54 Å². The highest BCUT2D eigenvalue weighted by Gasteiger charge is 2.42. The number of esters is 1. The fraction of sp³-hybridized carbons (Fsp3) is 0.304. The van der Waals surface area contributed by atoms with Crippen molar-refractivity contribution in [2.45, 2.75) is 39.2 Å². The van der Waals surface area contributed by atoms with Crippen LogP contribution in [-0.4, -0.2) is 46.0 Å². The Balaban J connectivity index is 1.68. The van der Waals surface area contributed by atoms with Crippen molar-refractivity contribution in [3.05, 3.63) is 74.8 Å². The summed E-state index contributed by atoms with van der Waals surface area (Å²) in [5.41, 5.74) is 0.284. The van der Waals surface area contributed by atoms with Gasteiger partial charge in [0, 0.05) is 11.6 Å². The Labute approximate surface area is 184 Å². The molecular weight excluding hydrogens is 416 g/mol. The van der Waals surface area contributed by atoms with Crippen molar-refractivity contribution in [3.8, 4) is 0 Å². The summed E-state index contributed by atoms with van der Waals surface area (Å²) in [7, 11) is 0. The van der Waals surface area contributed by atoms with Gasteiger partial charge in [-0.05, 0) is 24.0 Å². The molecule has 0 saturated heterocycles. The van der Waals surface area contributed by atoms with E-state index in [1.165, 1.54) is 19.1 Å². The Morgan fingerprint density at radius 3 is 2.25 bits per heavy atom. The lowest BCUT2D eigenvalue weighted by atomic mass is 9.86. The standard InChI is InChI=1S/C23H22N2O7/c1-13(20(27)14-8-10-15(11-9-14)23(2,3)4)32-18(26)12-24-21(28)16-6-5-7-17(25(30)31)19(16)22(24)29/h5-11,13H,12H2,1-4H3/t13-/m1/s1. The van der Waals surface area contributed by atoms with Crippen LogP contribution in [0.4, 0.5) is 5.69 Å². The Bertz CT molecular complexity index is 1130. The lowest BCUT2D eigenvalue weighted by Gasteiger charge is -2.19. The average molecular weight is 438 g/mol. The zero-order chi connectivity index (χ0) is 23.8. The Kier molecular flexibility index (Phi) is 5.94. The molecule has 0 unspecified atom stereocenters. The van der Waals surface area contributed by atoms with Gasteiger partial charge in [0.05, 0.1) is 10.5 Å². The number of nitro benzene ring substituents is 1.